The van der Waals surface area contributed by atoms with Crippen LogP contribution in [0.2, 0.25) is 5.02 Å². The van der Waals surface area contributed by atoms with Gasteiger partial charge in [0.25, 0.3) is 5.56 Å². The summed E-state index contributed by atoms with van der Waals surface area (Å²) in [4.78, 5) is 34.1. The number of hydrogen-bond donors (Lipinski definition) is 2. The Morgan fingerprint density at radius 1 is 0.973 bits per heavy atom. The fourth-order valence-corrected chi connectivity index (χ4v) is 4.59. The first-order valence-electron chi connectivity index (χ1n) is 11.6. The normalized spacial score (nSPS) is 12.2. The molecule has 5 heterocycles. The van der Waals surface area contributed by atoms with Crippen molar-refractivity contribution < 1.29 is 0 Å². The summed E-state index contributed by atoms with van der Waals surface area (Å²) in [6.07, 6.45) is 5.27. The van der Waals surface area contributed by atoms with Crippen LogP contribution in [0.3, 0.4) is 0 Å². The second-order valence-electron chi connectivity index (χ2n) is 8.69. The Balaban J connectivity index is 1.59. The number of halogens is 1. The average molecular weight is 509 g/mol. The molecule has 10 heteroatoms. The smallest absolute Gasteiger partial charge is 0.251 e. The predicted molar refractivity (Wildman–Crippen MR) is 144 cm³/mol. The molecule has 0 fully saturated rings. The maximum atomic E-state index is 12.6. The summed E-state index contributed by atoms with van der Waals surface area (Å²) in [6.45, 7) is 1.97. The second-order valence-corrected chi connectivity index (χ2v) is 9.10. The fraction of sp³-hybridized carbons (Fsp3) is 0.111. The number of anilines is 1. The van der Waals surface area contributed by atoms with Crippen LogP contribution in [-0.4, -0.2) is 34.7 Å². The third-order valence-corrected chi connectivity index (χ3v) is 6.35. The van der Waals surface area contributed by atoms with Gasteiger partial charge in [-0.3, -0.25) is 19.4 Å². The number of nitrogens with zero attached hydrogens (tertiary/aromatic N) is 6. The van der Waals surface area contributed by atoms with E-state index in [1.54, 1.807) is 17.1 Å². The number of hydrogen-bond acceptors (Lipinski definition) is 7. The third-order valence-electron chi connectivity index (χ3n) is 6.06. The van der Waals surface area contributed by atoms with Crippen molar-refractivity contribution >= 4 is 39.4 Å². The standard InChI is InChI=1S/C27H21ClN8O/c1-15(19-7-3-4-9-29-19)31-21-14-22(37)32-27-26(21)33-24(25(34-27)20-8-11-36(2)35-20)17-12-16-6-5-10-30-23(16)18(28)13-17/h3-15H,1-2H3,(H2,31,32,34,37). The number of pyridine rings is 3. The molecule has 37 heavy (non-hydrogen) atoms. The first-order chi connectivity index (χ1) is 18.0. The maximum absolute atomic E-state index is 12.6. The van der Waals surface area contributed by atoms with E-state index in [0.29, 0.717) is 44.5 Å². The topological polar surface area (TPSA) is 114 Å². The van der Waals surface area contributed by atoms with Gasteiger partial charge in [-0.15, -0.1) is 0 Å². The number of fused-ring (bicyclic) bond motifs is 2. The van der Waals surface area contributed by atoms with Gasteiger partial charge in [0.1, 0.15) is 16.9 Å². The van der Waals surface area contributed by atoms with Gasteiger partial charge in [-0.05, 0) is 43.3 Å². The van der Waals surface area contributed by atoms with Crippen molar-refractivity contribution in [2.45, 2.75) is 13.0 Å². The van der Waals surface area contributed by atoms with Gasteiger partial charge in [-0.2, -0.15) is 5.10 Å². The van der Waals surface area contributed by atoms with Crippen molar-refractivity contribution in [1.82, 2.24) is 34.7 Å². The quantitative estimate of drug-likeness (QED) is 0.330. The molecular formula is C27H21ClN8O. The minimum atomic E-state index is -0.294. The highest BCUT2D eigenvalue weighted by Crippen LogP contribution is 2.35. The highest BCUT2D eigenvalue weighted by molar-refractivity contribution is 6.35. The summed E-state index contributed by atoms with van der Waals surface area (Å²) < 4.78 is 1.69. The van der Waals surface area contributed by atoms with Gasteiger partial charge in [0, 0.05) is 42.7 Å². The zero-order valence-corrected chi connectivity index (χ0v) is 20.7. The van der Waals surface area contributed by atoms with E-state index in [1.807, 2.05) is 68.7 Å². The zero-order chi connectivity index (χ0) is 25.5. The van der Waals surface area contributed by atoms with E-state index >= 15 is 0 Å². The first-order valence-corrected chi connectivity index (χ1v) is 12.0. The van der Waals surface area contributed by atoms with Crippen molar-refractivity contribution in [3.63, 3.8) is 0 Å². The minimum absolute atomic E-state index is 0.173. The monoisotopic (exact) mass is 508 g/mol. The van der Waals surface area contributed by atoms with Crippen LogP contribution >= 0.6 is 11.6 Å². The van der Waals surface area contributed by atoms with Crippen LogP contribution in [0.5, 0.6) is 0 Å². The lowest BCUT2D eigenvalue weighted by Gasteiger charge is -2.17. The van der Waals surface area contributed by atoms with E-state index in [9.17, 15) is 4.79 Å². The number of nitrogens with one attached hydrogen (secondary N) is 2. The number of rotatable bonds is 5. The lowest BCUT2D eigenvalue weighted by atomic mass is 10.0. The zero-order valence-electron chi connectivity index (χ0n) is 20.0. The summed E-state index contributed by atoms with van der Waals surface area (Å²) >= 11 is 6.62. The molecule has 0 saturated carbocycles. The van der Waals surface area contributed by atoms with Crippen molar-refractivity contribution in [2.24, 2.45) is 7.05 Å². The fourth-order valence-electron chi connectivity index (χ4n) is 4.32. The molecular weight excluding hydrogens is 488 g/mol. The predicted octanol–water partition coefficient (Wildman–Crippen LogP) is 5.16. The molecule has 1 atom stereocenters. The third kappa shape index (κ3) is 4.30. The molecule has 0 bridgehead atoms. The number of H-pyrrole nitrogens is 1. The average Bonchev–Trinajstić information content (AvgIpc) is 3.34. The van der Waals surface area contributed by atoms with Gasteiger partial charge in [-0.25, -0.2) is 9.97 Å². The molecule has 5 aromatic heterocycles. The Hall–Kier alpha value is -4.63. The first kappa shape index (κ1) is 22.8. The Morgan fingerprint density at radius 3 is 2.62 bits per heavy atom. The Morgan fingerprint density at radius 2 is 1.84 bits per heavy atom. The Labute approximate surface area is 216 Å². The summed E-state index contributed by atoms with van der Waals surface area (Å²) in [7, 11) is 1.83. The van der Waals surface area contributed by atoms with E-state index in [1.165, 1.54) is 6.07 Å². The summed E-state index contributed by atoms with van der Waals surface area (Å²) in [6, 6.07) is 16.5. The van der Waals surface area contributed by atoms with Crippen LogP contribution in [0.4, 0.5) is 5.69 Å². The molecule has 1 aromatic carbocycles. The molecule has 182 valence electrons. The molecule has 0 spiro atoms. The number of aromatic nitrogens is 7. The van der Waals surface area contributed by atoms with Crippen molar-refractivity contribution in [3.8, 4) is 22.6 Å². The SMILES string of the molecule is CC(Nc1cc(=O)[nH]c2nc(-c3ccn(C)n3)c(-c3cc(Cl)c4ncccc4c3)nc12)c1ccccn1. The molecule has 9 nitrogen and oxygen atoms in total. The molecule has 0 aliphatic rings. The molecule has 0 radical (unpaired) electrons. The number of aromatic amines is 1. The van der Waals surface area contributed by atoms with Gasteiger partial charge in [0.05, 0.1) is 33.7 Å². The molecule has 2 N–H and O–H groups in total. The molecule has 0 aliphatic heterocycles. The maximum Gasteiger partial charge on any atom is 0.251 e. The van der Waals surface area contributed by atoms with Crippen molar-refractivity contribution in [1.29, 1.82) is 0 Å². The van der Waals surface area contributed by atoms with Crippen molar-refractivity contribution in [2.75, 3.05) is 5.32 Å². The molecule has 0 saturated heterocycles. The molecule has 6 rings (SSSR count). The Kier molecular flexibility index (Phi) is 5.61. The van der Waals surface area contributed by atoms with Crippen molar-refractivity contribution in [3.05, 3.63) is 94.3 Å². The molecule has 6 aromatic rings. The van der Waals surface area contributed by atoms with Gasteiger partial charge in [0.2, 0.25) is 0 Å². The van der Waals surface area contributed by atoms with Gasteiger partial charge >= 0.3 is 0 Å². The largest absolute Gasteiger partial charge is 0.375 e. The lowest BCUT2D eigenvalue weighted by Crippen LogP contribution is -2.14. The van der Waals surface area contributed by atoms with E-state index in [2.05, 4.69) is 25.4 Å². The molecule has 0 aliphatic carbocycles. The lowest BCUT2D eigenvalue weighted by molar-refractivity contribution is 0.770. The highest BCUT2D eigenvalue weighted by atomic mass is 35.5. The van der Waals surface area contributed by atoms with Gasteiger partial charge < -0.3 is 10.3 Å². The van der Waals surface area contributed by atoms with E-state index in [4.69, 9.17) is 21.6 Å². The van der Waals surface area contributed by atoms with E-state index in [0.717, 1.165) is 16.6 Å². The van der Waals surface area contributed by atoms with Crippen LogP contribution < -0.4 is 10.9 Å². The molecule has 1 unspecified atom stereocenters. The van der Waals surface area contributed by atoms with E-state index in [-0.39, 0.29) is 11.6 Å². The molecule has 0 amide bonds. The van der Waals surface area contributed by atoms with Crippen LogP contribution in [0.25, 0.3) is 44.7 Å². The van der Waals surface area contributed by atoms with Crippen LogP contribution in [0.15, 0.2) is 78.0 Å². The van der Waals surface area contributed by atoms with Gasteiger partial charge in [-0.1, -0.05) is 23.7 Å². The van der Waals surface area contributed by atoms with Crippen LogP contribution in [-0.2, 0) is 7.05 Å². The Bertz CT molecular complexity index is 1830. The minimum Gasteiger partial charge on any atom is -0.375 e. The summed E-state index contributed by atoms with van der Waals surface area (Å²) in [5.74, 6) is 0. The number of aryl methyl sites for hydroxylation is 1. The van der Waals surface area contributed by atoms with Gasteiger partial charge in [0.15, 0.2) is 5.65 Å². The van der Waals surface area contributed by atoms with E-state index < -0.39 is 0 Å². The number of benzene rings is 1. The highest BCUT2D eigenvalue weighted by Gasteiger charge is 2.20. The second kappa shape index (κ2) is 9.11. The van der Waals surface area contributed by atoms with Crippen LogP contribution in [0, 0.1) is 0 Å². The van der Waals surface area contributed by atoms with Crippen LogP contribution in [0.1, 0.15) is 18.7 Å². The summed E-state index contributed by atoms with van der Waals surface area (Å²) in [5, 5.41) is 9.31. The summed E-state index contributed by atoms with van der Waals surface area (Å²) in [5.41, 5.74) is 5.15.